The van der Waals surface area contributed by atoms with Gasteiger partial charge >= 0.3 is 0 Å². The molecule has 1 aliphatic rings. The van der Waals surface area contributed by atoms with E-state index in [1.807, 2.05) is 19.1 Å². The van der Waals surface area contributed by atoms with Crippen molar-refractivity contribution in [3.8, 4) is 0 Å². The van der Waals surface area contributed by atoms with Gasteiger partial charge in [0, 0.05) is 18.0 Å². The fourth-order valence-corrected chi connectivity index (χ4v) is 3.13. The van der Waals surface area contributed by atoms with E-state index in [4.69, 9.17) is 0 Å². The summed E-state index contributed by atoms with van der Waals surface area (Å²) in [6, 6.07) is 4.24. The quantitative estimate of drug-likeness (QED) is 0.870. The van der Waals surface area contributed by atoms with Crippen LogP contribution in [-0.2, 0) is 10.8 Å². The molecule has 1 aliphatic heterocycles. The summed E-state index contributed by atoms with van der Waals surface area (Å²) in [4.78, 5) is 4.22. The first-order chi connectivity index (χ1) is 7.75. The third kappa shape index (κ3) is 3.12. The van der Waals surface area contributed by atoms with Crippen LogP contribution >= 0.6 is 0 Å². The molecule has 0 bridgehead atoms. The second-order valence-corrected chi connectivity index (χ2v) is 5.78. The molecule has 3 nitrogen and oxygen atoms in total. The number of nitrogens with zero attached hydrogens (tertiary/aromatic N) is 1. The summed E-state index contributed by atoms with van der Waals surface area (Å²) in [5, 5.41) is 4.12. The molecule has 0 amide bonds. The molecule has 16 heavy (non-hydrogen) atoms. The number of piperidine rings is 1. The number of aromatic nitrogens is 1. The lowest BCUT2D eigenvalue weighted by atomic mass is 10.1. The van der Waals surface area contributed by atoms with Gasteiger partial charge in [-0.3, -0.25) is 4.21 Å². The molecule has 0 unspecified atom stereocenters. The largest absolute Gasteiger partial charge is 0.313 e. The normalized spacial score (nSPS) is 22.9. The highest BCUT2D eigenvalue weighted by Gasteiger charge is 2.16. The summed E-state index contributed by atoms with van der Waals surface area (Å²) in [6.45, 7) is 3.05. The van der Waals surface area contributed by atoms with Crippen LogP contribution in [0.1, 0.15) is 24.8 Å². The van der Waals surface area contributed by atoms with Crippen LogP contribution in [0.4, 0.5) is 0 Å². The molecule has 0 saturated carbocycles. The van der Waals surface area contributed by atoms with Gasteiger partial charge < -0.3 is 5.32 Å². The summed E-state index contributed by atoms with van der Waals surface area (Å²) in [5.74, 6) is 0.691. The first kappa shape index (κ1) is 11.7. The smallest absolute Gasteiger partial charge is 0.127 e. The Bertz CT molecular complexity index is 358. The minimum Gasteiger partial charge on any atom is -0.313 e. The van der Waals surface area contributed by atoms with Crippen molar-refractivity contribution in [2.75, 3.05) is 12.3 Å². The van der Waals surface area contributed by atoms with E-state index in [1.165, 1.54) is 12.8 Å². The van der Waals surface area contributed by atoms with Gasteiger partial charge in [-0.15, -0.1) is 0 Å². The molecular weight excluding hydrogens is 220 g/mol. The van der Waals surface area contributed by atoms with E-state index in [2.05, 4.69) is 10.3 Å². The van der Waals surface area contributed by atoms with Gasteiger partial charge in [0.2, 0.25) is 0 Å². The number of hydrogen-bond donors (Lipinski definition) is 1. The van der Waals surface area contributed by atoms with Gasteiger partial charge in [0.25, 0.3) is 0 Å². The zero-order chi connectivity index (χ0) is 11.4. The van der Waals surface area contributed by atoms with E-state index < -0.39 is 10.8 Å². The summed E-state index contributed by atoms with van der Waals surface area (Å²) in [7, 11) is -0.963. The van der Waals surface area contributed by atoms with Crippen LogP contribution in [0, 0.1) is 6.92 Å². The van der Waals surface area contributed by atoms with E-state index in [0.717, 1.165) is 18.5 Å². The Morgan fingerprint density at radius 1 is 1.50 bits per heavy atom. The molecule has 1 N–H and O–H groups in total. The van der Waals surface area contributed by atoms with Gasteiger partial charge in [0.05, 0.1) is 10.8 Å². The Labute approximate surface area is 99.1 Å². The monoisotopic (exact) mass is 238 g/mol. The van der Waals surface area contributed by atoms with Crippen molar-refractivity contribution >= 4 is 10.8 Å². The van der Waals surface area contributed by atoms with E-state index in [-0.39, 0.29) is 0 Å². The Morgan fingerprint density at radius 3 is 3.00 bits per heavy atom. The summed E-state index contributed by atoms with van der Waals surface area (Å²) < 4.78 is 12.0. The third-order valence-electron chi connectivity index (χ3n) is 2.88. The van der Waals surface area contributed by atoms with Gasteiger partial charge in [-0.05, 0) is 37.9 Å². The van der Waals surface area contributed by atoms with Crippen LogP contribution in [0.3, 0.4) is 0 Å². The van der Waals surface area contributed by atoms with Crippen molar-refractivity contribution in [3.63, 3.8) is 0 Å². The summed E-state index contributed by atoms with van der Waals surface area (Å²) >= 11 is 0. The van der Waals surface area contributed by atoms with Crippen LogP contribution in [0.2, 0.25) is 0 Å². The van der Waals surface area contributed by atoms with Crippen LogP contribution in [0.5, 0.6) is 0 Å². The summed E-state index contributed by atoms with van der Waals surface area (Å²) in [5.41, 5.74) is 1.11. The Hall–Kier alpha value is -0.740. The van der Waals surface area contributed by atoms with Crippen molar-refractivity contribution in [1.29, 1.82) is 0 Å². The molecule has 1 saturated heterocycles. The van der Waals surface area contributed by atoms with Crippen molar-refractivity contribution in [2.24, 2.45) is 0 Å². The lowest BCUT2D eigenvalue weighted by Crippen LogP contribution is -2.38. The van der Waals surface area contributed by atoms with E-state index in [9.17, 15) is 4.21 Å². The second kappa shape index (κ2) is 5.55. The highest BCUT2D eigenvalue weighted by molar-refractivity contribution is 7.85. The lowest BCUT2D eigenvalue weighted by Gasteiger charge is -2.22. The minimum absolute atomic E-state index is 0.401. The van der Waals surface area contributed by atoms with Crippen LogP contribution in [0.15, 0.2) is 23.4 Å². The Balaban J connectivity index is 1.94. The van der Waals surface area contributed by atoms with Gasteiger partial charge in [-0.1, -0.05) is 12.5 Å². The molecule has 1 fully saturated rings. The number of nitrogens with one attached hydrogen (secondary N) is 1. The number of hydrogen-bond acceptors (Lipinski definition) is 3. The average Bonchev–Trinajstić information content (AvgIpc) is 2.31. The molecule has 0 aliphatic carbocycles. The standard InChI is InChI=1S/C12H18N2OS/c1-10-5-6-12(14-8-10)16(15)9-11-4-2-3-7-13-11/h5-6,8,11,13H,2-4,7,9H2,1H3/t11-,16-/m1/s1. The molecule has 1 aromatic heterocycles. The molecular formula is C12H18N2OS. The molecule has 0 aromatic carbocycles. The average molecular weight is 238 g/mol. The zero-order valence-electron chi connectivity index (χ0n) is 9.61. The van der Waals surface area contributed by atoms with Gasteiger partial charge in [0.15, 0.2) is 0 Å². The molecule has 0 spiro atoms. The highest BCUT2D eigenvalue weighted by Crippen LogP contribution is 2.11. The molecule has 2 rings (SSSR count). The molecule has 2 atom stereocenters. The molecule has 2 heterocycles. The maximum atomic E-state index is 12.0. The predicted octanol–water partition coefficient (Wildman–Crippen LogP) is 1.64. The maximum absolute atomic E-state index is 12.0. The maximum Gasteiger partial charge on any atom is 0.127 e. The third-order valence-corrected chi connectivity index (χ3v) is 4.30. The fraction of sp³-hybridized carbons (Fsp3) is 0.583. The van der Waals surface area contributed by atoms with Crippen molar-refractivity contribution < 1.29 is 4.21 Å². The van der Waals surface area contributed by atoms with Gasteiger partial charge in [-0.25, -0.2) is 4.98 Å². The Morgan fingerprint density at radius 2 is 2.38 bits per heavy atom. The van der Waals surface area contributed by atoms with Crippen molar-refractivity contribution in [2.45, 2.75) is 37.3 Å². The first-order valence-electron chi connectivity index (χ1n) is 5.80. The molecule has 0 radical (unpaired) electrons. The van der Waals surface area contributed by atoms with Crippen LogP contribution in [-0.4, -0.2) is 27.5 Å². The van der Waals surface area contributed by atoms with E-state index in [0.29, 0.717) is 16.8 Å². The first-order valence-corrected chi connectivity index (χ1v) is 7.12. The highest BCUT2D eigenvalue weighted by atomic mass is 32.2. The number of aryl methyl sites for hydroxylation is 1. The minimum atomic E-state index is -0.963. The topological polar surface area (TPSA) is 42.0 Å². The second-order valence-electron chi connectivity index (χ2n) is 4.33. The van der Waals surface area contributed by atoms with E-state index in [1.54, 1.807) is 6.20 Å². The fourth-order valence-electron chi connectivity index (χ4n) is 1.92. The number of pyridine rings is 1. The molecule has 4 heteroatoms. The van der Waals surface area contributed by atoms with Crippen molar-refractivity contribution in [3.05, 3.63) is 23.9 Å². The van der Waals surface area contributed by atoms with Gasteiger partial charge in [0.1, 0.15) is 5.03 Å². The molecule has 88 valence electrons. The molecule has 1 aromatic rings. The van der Waals surface area contributed by atoms with Crippen LogP contribution in [0.25, 0.3) is 0 Å². The van der Waals surface area contributed by atoms with E-state index >= 15 is 0 Å². The van der Waals surface area contributed by atoms with Crippen LogP contribution < -0.4 is 5.32 Å². The predicted molar refractivity (Wildman–Crippen MR) is 65.9 cm³/mol. The number of rotatable bonds is 3. The lowest BCUT2D eigenvalue weighted by molar-refractivity contribution is 0.427. The Kier molecular flexibility index (Phi) is 4.07. The van der Waals surface area contributed by atoms with Gasteiger partial charge in [-0.2, -0.15) is 0 Å². The SMILES string of the molecule is Cc1ccc([S@](=O)C[C@H]2CCCCN2)nc1. The zero-order valence-corrected chi connectivity index (χ0v) is 10.4. The van der Waals surface area contributed by atoms with Crippen molar-refractivity contribution in [1.82, 2.24) is 10.3 Å². The summed E-state index contributed by atoms with van der Waals surface area (Å²) in [6.07, 6.45) is 5.40.